The third-order valence-electron chi connectivity index (χ3n) is 13.8. The lowest BCUT2D eigenvalue weighted by molar-refractivity contribution is 0.794. The van der Waals surface area contributed by atoms with Crippen LogP contribution in [0.1, 0.15) is 22.3 Å². The second-order valence-electron chi connectivity index (χ2n) is 17.5. The van der Waals surface area contributed by atoms with Crippen LogP contribution in [0.2, 0.25) is 0 Å². The molecule has 312 valence electrons. The Morgan fingerprint density at radius 2 is 0.567 bits per heavy atom. The van der Waals surface area contributed by atoms with E-state index in [2.05, 4.69) is 202 Å². The molecule has 0 aliphatic heterocycles. The summed E-state index contributed by atoms with van der Waals surface area (Å²) in [6, 6.07) is 71.4. The van der Waals surface area contributed by atoms with Gasteiger partial charge in [0.15, 0.2) is 0 Å². The van der Waals surface area contributed by atoms with Crippen LogP contribution in [0.3, 0.4) is 0 Å². The Kier molecular flexibility index (Phi) is 9.04. The van der Waals surface area contributed by atoms with Crippen LogP contribution in [0.25, 0.3) is 100 Å². The van der Waals surface area contributed by atoms with E-state index in [0.29, 0.717) is 0 Å². The van der Waals surface area contributed by atoms with Gasteiger partial charge in [0, 0.05) is 83.0 Å². The number of fused-ring (bicyclic) bond motifs is 10. The molecule has 0 saturated carbocycles. The predicted octanol–water partition coefficient (Wildman–Crippen LogP) is 15.3. The maximum Gasteiger partial charge on any atom is 0.0725 e. The summed E-state index contributed by atoms with van der Waals surface area (Å²) in [5.41, 5.74) is 25.4. The normalized spacial score (nSPS) is 12.6. The maximum absolute atomic E-state index is 4.68. The summed E-state index contributed by atoms with van der Waals surface area (Å²) in [5.74, 6) is 0. The lowest BCUT2D eigenvalue weighted by atomic mass is 9.70. The van der Waals surface area contributed by atoms with E-state index < -0.39 is 5.41 Å². The number of nitrogens with zero attached hydrogens (tertiary/aromatic N) is 4. The number of pyridine rings is 4. The molecule has 11 aromatic rings. The van der Waals surface area contributed by atoms with Crippen molar-refractivity contribution >= 4 is 0 Å². The van der Waals surface area contributed by atoms with E-state index in [1.165, 1.54) is 50.1 Å². The highest BCUT2D eigenvalue weighted by Gasteiger charge is 2.52. The molecule has 4 heterocycles. The van der Waals surface area contributed by atoms with Crippen LogP contribution in [0.5, 0.6) is 0 Å². The van der Waals surface area contributed by atoms with Crippen molar-refractivity contribution < 1.29 is 0 Å². The molecule has 0 atom stereocenters. The number of rotatable bonds is 7. The highest BCUT2D eigenvalue weighted by molar-refractivity contribution is 6.01. The fourth-order valence-corrected chi connectivity index (χ4v) is 10.8. The van der Waals surface area contributed by atoms with Crippen molar-refractivity contribution in [3.63, 3.8) is 0 Å². The monoisotopic (exact) mass is 852 g/mol. The fourth-order valence-electron chi connectivity index (χ4n) is 10.8. The molecule has 0 saturated heterocycles. The molecule has 4 heteroatoms. The second kappa shape index (κ2) is 15.7. The van der Waals surface area contributed by atoms with Crippen molar-refractivity contribution in [2.45, 2.75) is 5.41 Å². The van der Waals surface area contributed by atoms with E-state index in [1.807, 2.05) is 49.3 Å². The number of benzene rings is 7. The van der Waals surface area contributed by atoms with Gasteiger partial charge >= 0.3 is 0 Å². The van der Waals surface area contributed by atoms with Crippen molar-refractivity contribution in [1.82, 2.24) is 19.9 Å². The molecule has 2 aliphatic rings. The second-order valence-corrected chi connectivity index (χ2v) is 17.5. The minimum atomic E-state index is -0.436. The summed E-state index contributed by atoms with van der Waals surface area (Å²) in [6.45, 7) is 0. The molecule has 67 heavy (non-hydrogen) atoms. The average molecular weight is 853 g/mol. The molecule has 4 aromatic heterocycles. The van der Waals surface area contributed by atoms with Gasteiger partial charge in [0.2, 0.25) is 0 Å². The summed E-state index contributed by atoms with van der Waals surface area (Å²) >= 11 is 0. The molecule has 1 spiro atoms. The molecule has 0 fully saturated rings. The van der Waals surface area contributed by atoms with Gasteiger partial charge in [-0.2, -0.15) is 0 Å². The zero-order valence-corrected chi connectivity index (χ0v) is 36.4. The predicted molar refractivity (Wildman–Crippen MR) is 272 cm³/mol. The summed E-state index contributed by atoms with van der Waals surface area (Å²) < 4.78 is 0. The first kappa shape index (κ1) is 38.6. The van der Waals surface area contributed by atoms with E-state index in [4.69, 9.17) is 0 Å². The zero-order chi connectivity index (χ0) is 44.3. The third-order valence-corrected chi connectivity index (χ3v) is 13.8. The summed E-state index contributed by atoms with van der Waals surface area (Å²) in [4.78, 5) is 18.1. The molecule has 0 bridgehead atoms. The van der Waals surface area contributed by atoms with Gasteiger partial charge in [0.1, 0.15) is 0 Å². The van der Waals surface area contributed by atoms with Gasteiger partial charge in [0.25, 0.3) is 0 Å². The minimum Gasteiger partial charge on any atom is -0.264 e. The topological polar surface area (TPSA) is 51.6 Å². The van der Waals surface area contributed by atoms with E-state index in [1.54, 1.807) is 12.4 Å². The zero-order valence-electron chi connectivity index (χ0n) is 36.4. The van der Waals surface area contributed by atoms with E-state index in [0.717, 1.165) is 72.3 Å². The van der Waals surface area contributed by atoms with Gasteiger partial charge in [0.05, 0.1) is 5.41 Å². The molecular weight excluding hydrogens is 813 g/mol. The van der Waals surface area contributed by atoms with Crippen molar-refractivity contribution in [3.05, 3.63) is 266 Å². The van der Waals surface area contributed by atoms with Crippen LogP contribution in [-0.2, 0) is 5.41 Å². The molecule has 13 rings (SSSR count). The Hall–Kier alpha value is -8.86. The number of hydrogen-bond acceptors (Lipinski definition) is 4. The van der Waals surface area contributed by atoms with Crippen LogP contribution in [0, 0.1) is 0 Å². The molecular formula is C63H40N4. The first-order valence-electron chi connectivity index (χ1n) is 22.7. The minimum absolute atomic E-state index is 0.436. The van der Waals surface area contributed by atoms with E-state index >= 15 is 0 Å². The van der Waals surface area contributed by atoms with Crippen LogP contribution in [0.15, 0.2) is 244 Å². The highest BCUT2D eigenvalue weighted by atomic mass is 14.6. The first-order valence-corrected chi connectivity index (χ1v) is 22.7. The Morgan fingerprint density at radius 3 is 1.07 bits per heavy atom. The van der Waals surface area contributed by atoms with Crippen LogP contribution in [0.4, 0.5) is 0 Å². The Balaban J connectivity index is 1.01. The van der Waals surface area contributed by atoms with Crippen LogP contribution >= 0.6 is 0 Å². The lowest BCUT2D eigenvalue weighted by Crippen LogP contribution is -2.25. The number of aromatic nitrogens is 4. The molecule has 0 radical (unpaired) electrons. The SMILES string of the molecule is c1cncc(-c2cncc(-c3cccc(-c4cc(-c5cccc(-c6cncc(-c7cccnc7)c6)c5)cc(-c5cccc6c5-c5ccccc5C65c6ccccc6-c6ccccc65)c4)c3)c2)c1. The van der Waals surface area contributed by atoms with Crippen molar-refractivity contribution in [1.29, 1.82) is 0 Å². The maximum atomic E-state index is 4.68. The highest BCUT2D eigenvalue weighted by Crippen LogP contribution is 2.64. The van der Waals surface area contributed by atoms with Gasteiger partial charge in [-0.3, -0.25) is 19.9 Å². The summed E-state index contributed by atoms with van der Waals surface area (Å²) in [6.07, 6.45) is 15.1. The Labute approximate surface area is 389 Å². The smallest absolute Gasteiger partial charge is 0.0725 e. The molecule has 4 nitrogen and oxygen atoms in total. The van der Waals surface area contributed by atoms with Gasteiger partial charge in [-0.15, -0.1) is 0 Å². The van der Waals surface area contributed by atoms with Crippen molar-refractivity contribution in [2.75, 3.05) is 0 Å². The van der Waals surface area contributed by atoms with Crippen molar-refractivity contribution in [2.24, 2.45) is 0 Å². The van der Waals surface area contributed by atoms with Gasteiger partial charge < -0.3 is 0 Å². The van der Waals surface area contributed by atoms with E-state index in [-0.39, 0.29) is 0 Å². The molecule has 2 aliphatic carbocycles. The molecule has 7 aromatic carbocycles. The molecule has 0 unspecified atom stereocenters. The van der Waals surface area contributed by atoms with Crippen molar-refractivity contribution in [3.8, 4) is 100 Å². The average Bonchev–Trinajstić information content (AvgIpc) is 3.89. The number of hydrogen-bond donors (Lipinski definition) is 0. The first-order chi connectivity index (χ1) is 33.2. The van der Waals surface area contributed by atoms with Crippen LogP contribution in [-0.4, -0.2) is 19.9 Å². The fraction of sp³-hybridized carbons (Fsp3) is 0.0159. The molecule has 0 N–H and O–H groups in total. The largest absolute Gasteiger partial charge is 0.264 e. The van der Waals surface area contributed by atoms with Crippen LogP contribution < -0.4 is 0 Å². The third kappa shape index (κ3) is 6.29. The van der Waals surface area contributed by atoms with Gasteiger partial charge in [-0.25, -0.2) is 0 Å². The standard InChI is InChI=1S/C63H40N4/c1-4-22-58-55(18-1)56-19-2-5-23-59(56)63(58)60-24-6-3-20-57(60)62-54(21-9-25-61(62)63)49-31-47(41-12-7-14-43(28-41)50-33-52(39-66-37-50)45-16-10-26-64-35-45)30-48(32-49)42-13-8-15-44(29-42)51-34-53(40-67-38-51)46-17-11-27-65-36-46/h1-40H. The summed E-state index contributed by atoms with van der Waals surface area (Å²) in [7, 11) is 0. The summed E-state index contributed by atoms with van der Waals surface area (Å²) in [5, 5.41) is 0. The Bertz CT molecular complexity index is 3520. The van der Waals surface area contributed by atoms with E-state index in [9.17, 15) is 0 Å². The molecule has 0 amide bonds. The Morgan fingerprint density at radius 1 is 0.224 bits per heavy atom. The quantitative estimate of drug-likeness (QED) is 0.160. The van der Waals surface area contributed by atoms with Gasteiger partial charge in [-0.1, -0.05) is 140 Å². The lowest BCUT2D eigenvalue weighted by Gasteiger charge is -2.30. The van der Waals surface area contributed by atoms with Gasteiger partial charge in [-0.05, 0) is 144 Å².